The SMILES string of the molecule is O=S(=O)(CCOc1ccccc1)NCC1CCCO1. The van der Waals surface area contributed by atoms with Crippen LogP contribution in [0.25, 0.3) is 0 Å². The molecule has 1 fully saturated rings. The van der Waals surface area contributed by atoms with Crippen molar-refractivity contribution >= 4 is 10.0 Å². The highest BCUT2D eigenvalue weighted by atomic mass is 32.2. The quantitative estimate of drug-likeness (QED) is 0.816. The largest absolute Gasteiger partial charge is 0.492 e. The van der Waals surface area contributed by atoms with E-state index in [0.29, 0.717) is 12.3 Å². The van der Waals surface area contributed by atoms with E-state index in [1.165, 1.54) is 0 Å². The van der Waals surface area contributed by atoms with Crippen molar-refractivity contribution in [2.24, 2.45) is 0 Å². The molecule has 6 heteroatoms. The van der Waals surface area contributed by atoms with Gasteiger partial charge in [0.15, 0.2) is 0 Å². The van der Waals surface area contributed by atoms with Crippen LogP contribution in [0.1, 0.15) is 12.8 Å². The molecule has 1 heterocycles. The van der Waals surface area contributed by atoms with Gasteiger partial charge in [-0.3, -0.25) is 0 Å². The molecule has 106 valence electrons. The zero-order valence-electron chi connectivity index (χ0n) is 10.7. The van der Waals surface area contributed by atoms with Gasteiger partial charge in [0, 0.05) is 13.2 Å². The summed E-state index contributed by atoms with van der Waals surface area (Å²) in [6, 6.07) is 9.17. The van der Waals surface area contributed by atoms with Crippen LogP contribution in [0.4, 0.5) is 0 Å². The number of sulfonamides is 1. The van der Waals surface area contributed by atoms with Gasteiger partial charge in [-0.2, -0.15) is 0 Å². The molecule has 1 N–H and O–H groups in total. The van der Waals surface area contributed by atoms with Gasteiger partial charge in [-0.05, 0) is 25.0 Å². The molecule has 0 saturated carbocycles. The molecule has 19 heavy (non-hydrogen) atoms. The summed E-state index contributed by atoms with van der Waals surface area (Å²) in [5.41, 5.74) is 0. The highest BCUT2D eigenvalue weighted by Crippen LogP contribution is 2.11. The molecule has 1 aromatic rings. The molecule has 0 spiro atoms. The standard InChI is InChI=1S/C13H19NO4S/c15-19(16,14-11-13-7-4-8-17-13)10-9-18-12-5-2-1-3-6-12/h1-3,5-6,13-14H,4,7-11H2. The van der Waals surface area contributed by atoms with E-state index in [1.807, 2.05) is 18.2 Å². The minimum absolute atomic E-state index is 0.0183. The van der Waals surface area contributed by atoms with Crippen molar-refractivity contribution < 1.29 is 17.9 Å². The first-order chi connectivity index (χ1) is 9.16. The van der Waals surface area contributed by atoms with Gasteiger partial charge < -0.3 is 9.47 Å². The Morgan fingerprint density at radius 2 is 2.11 bits per heavy atom. The molecule has 0 radical (unpaired) electrons. The van der Waals surface area contributed by atoms with Crippen molar-refractivity contribution in [3.63, 3.8) is 0 Å². The molecule has 1 aliphatic rings. The van der Waals surface area contributed by atoms with E-state index < -0.39 is 10.0 Å². The molecule has 1 unspecified atom stereocenters. The topological polar surface area (TPSA) is 64.6 Å². The smallest absolute Gasteiger partial charge is 0.215 e. The third kappa shape index (κ3) is 5.18. The van der Waals surface area contributed by atoms with E-state index in [2.05, 4.69) is 4.72 Å². The molecule has 0 aromatic heterocycles. The Balaban J connectivity index is 1.68. The first kappa shape index (κ1) is 14.3. The third-order valence-corrected chi connectivity index (χ3v) is 4.23. The Hall–Kier alpha value is -1.11. The molecule has 1 atom stereocenters. The fourth-order valence-electron chi connectivity index (χ4n) is 1.88. The summed E-state index contributed by atoms with van der Waals surface area (Å²) in [6.07, 6.45) is 1.94. The van der Waals surface area contributed by atoms with Gasteiger partial charge in [0.05, 0.1) is 11.9 Å². The molecule has 1 aromatic carbocycles. The Kier molecular flexibility index (Phi) is 5.18. The van der Waals surface area contributed by atoms with Crippen molar-refractivity contribution in [3.05, 3.63) is 30.3 Å². The predicted octanol–water partition coefficient (Wildman–Crippen LogP) is 1.16. The average Bonchev–Trinajstić information content (AvgIpc) is 2.91. The van der Waals surface area contributed by atoms with E-state index in [1.54, 1.807) is 12.1 Å². The maximum Gasteiger partial charge on any atom is 0.215 e. The van der Waals surface area contributed by atoms with E-state index in [4.69, 9.17) is 9.47 Å². The van der Waals surface area contributed by atoms with Crippen molar-refractivity contribution in [2.45, 2.75) is 18.9 Å². The third-order valence-electron chi connectivity index (χ3n) is 2.92. The van der Waals surface area contributed by atoms with Crippen molar-refractivity contribution in [1.82, 2.24) is 4.72 Å². The second-order valence-corrected chi connectivity index (χ2v) is 6.39. The summed E-state index contributed by atoms with van der Waals surface area (Å²) in [6.45, 7) is 1.22. The van der Waals surface area contributed by atoms with Gasteiger partial charge in [-0.15, -0.1) is 0 Å². The molecule has 0 amide bonds. The number of hydrogen-bond acceptors (Lipinski definition) is 4. The normalized spacial score (nSPS) is 19.5. The number of rotatable bonds is 7. The summed E-state index contributed by atoms with van der Waals surface area (Å²) in [5, 5.41) is 0. The Bertz CT molecular complexity index is 469. The minimum Gasteiger partial charge on any atom is -0.492 e. The van der Waals surface area contributed by atoms with Gasteiger partial charge in [0.25, 0.3) is 0 Å². The lowest BCUT2D eigenvalue weighted by Crippen LogP contribution is -2.34. The van der Waals surface area contributed by atoms with Crippen LogP contribution in [-0.4, -0.2) is 40.0 Å². The van der Waals surface area contributed by atoms with E-state index in [0.717, 1.165) is 19.4 Å². The maximum atomic E-state index is 11.7. The fourth-order valence-corrected chi connectivity index (χ4v) is 2.77. The van der Waals surface area contributed by atoms with E-state index in [-0.39, 0.29) is 18.5 Å². The van der Waals surface area contributed by atoms with Crippen molar-refractivity contribution in [1.29, 1.82) is 0 Å². The molecule has 0 aliphatic carbocycles. The lowest BCUT2D eigenvalue weighted by Gasteiger charge is -2.11. The average molecular weight is 285 g/mol. The van der Waals surface area contributed by atoms with Crippen LogP contribution >= 0.6 is 0 Å². The Morgan fingerprint density at radius 1 is 1.32 bits per heavy atom. The number of para-hydroxylation sites is 1. The van der Waals surface area contributed by atoms with Crippen LogP contribution in [-0.2, 0) is 14.8 Å². The van der Waals surface area contributed by atoms with Crippen molar-refractivity contribution in [2.75, 3.05) is 25.5 Å². The maximum absolute atomic E-state index is 11.7. The summed E-state index contributed by atoms with van der Waals surface area (Å²) in [4.78, 5) is 0. The number of ether oxygens (including phenoxy) is 2. The van der Waals surface area contributed by atoms with Crippen LogP contribution < -0.4 is 9.46 Å². The summed E-state index contributed by atoms with van der Waals surface area (Å²) in [7, 11) is -3.29. The molecular weight excluding hydrogens is 266 g/mol. The van der Waals surface area contributed by atoms with Crippen LogP contribution in [0.15, 0.2) is 30.3 Å². The first-order valence-electron chi connectivity index (χ1n) is 6.42. The lowest BCUT2D eigenvalue weighted by atomic mass is 10.2. The van der Waals surface area contributed by atoms with E-state index in [9.17, 15) is 8.42 Å². The molecule has 0 bridgehead atoms. The minimum atomic E-state index is -3.29. The zero-order chi connectivity index (χ0) is 13.6. The summed E-state index contributed by atoms with van der Waals surface area (Å²) >= 11 is 0. The highest BCUT2D eigenvalue weighted by molar-refractivity contribution is 7.89. The van der Waals surface area contributed by atoms with Crippen LogP contribution in [0, 0.1) is 0 Å². The van der Waals surface area contributed by atoms with Gasteiger partial charge in [0.2, 0.25) is 10.0 Å². The molecule has 2 rings (SSSR count). The van der Waals surface area contributed by atoms with Gasteiger partial charge in [0.1, 0.15) is 12.4 Å². The van der Waals surface area contributed by atoms with E-state index >= 15 is 0 Å². The first-order valence-corrected chi connectivity index (χ1v) is 8.08. The number of hydrogen-bond donors (Lipinski definition) is 1. The number of nitrogens with one attached hydrogen (secondary N) is 1. The van der Waals surface area contributed by atoms with Crippen molar-refractivity contribution in [3.8, 4) is 5.75 Å². The van der Waals surface area contributed by atoms with Gasteiger partial charge in [-0.1, -0.05) is 18.2 Å². The predicted molar refractivity (Wildman–Crippen MR) is 72.7 cm³/mol. The molecule has 1 saturated heterocycles. The molecule has 5 nitrogen and oxygen atoms in total. The Morgan fingerprint density at radius 3 is 2.79 bits per heavy atom. The van der Waals surface area contributed by atoms with Crippen LogP contribution in [0.2, 0.25) is 0 Å². The second-order valence-electron chi connectivity index (χ2n) is 4.46. The highest BCUT2D eigenvalue weighted by Gasteiger charge is 2.18. The Labute approximate surface area is 114 Å². The lowest BCUT2D eigenvalue weighted by molar-refractivity contribution is 0.114. The monoisotopic (exact) mass is 285 g/mol. The van der Waals surface area contributed by atoms with Gasteiger partial charge >= 0.3 is 0 Å². The molecular formula is C13H19NO4S. The second kappa shape index (κ2) is 6.88. The number of benzene rings is 1. The summed E-state index contributed by atoms with van der Waals surface area (Å²) < 4.78 is 36.7. The zero-order valence-corrected chi connectivity index (χ0v) is 11.6. The van der Waals surface area contributed by atoms with Crippen LogP contribution in [0.3, 0.4) is 0 Å². The van der Waals surface area contributed by atoms with Gasteiger partial charge in [-0.25, -0.2) is 13.1 Å². The molecule has 1 aliphatic heterocycles. The summed E-state index contributed by atoms with van der Waals surface area (Å²) in [5.74, 6) is 0.631. The van der Waals surface area contributed by atoms with Crippen LogP contribution in [0.5, 0.6) is 5.75 Å². The fraction of sp³-hybridized carbons (Fsp3) is 0.538.